The fourth-order valence-electron chi connectivity index (χ4n) is 3.01. The lowest BCUT2D eigenvalue weighted by atomic mass is 10.3. The highest BCUT2D eigenvalue weighted by atomic mass is 32.2. The van der Waals surface area contributed by atoms with Crippen molar-refractivity contribution in [2.24, 2.45) is 4.99 Å². The highest BCUT2D eigenvalue weighted by Crippen LogP contribution is 2.33. The number of rotatable bonds is 9. The second kappa shape index (κ2) is 10.1. The van der Waals surface area contributed by atoms with Crippen LogP contribution in [-0.2, 0) is 25.9 Å². The Hall–Kier alpha value is -2.69. The van der Waals surface area contributed by atoms with Gasteiger partial charge < -0.3 is 18.8 Å². The van der Waals surface area contributed by atoms with E-state index in [1.807, 2.05) is 16.7 Å². The van der Waals surface area contributed by atoms with E-state index < -0.39 is 15.7 Å². The number of aromatic nitrogens is 1. The molecule has 2 aromatic carbocycles. The summed E-state index contributed by atoms with van der Waals surface area (Å²) in [6, 6.07) is 11.7. The van der Waals surface area contributed by atoms with Gasteiger partial charge in [-0.1, -0.05) is 29.5 Å². The van der Waals surface area contributed by atoms with Crippen LogP contribution in [-0.4, -0.2) is 52.6 Å². The molecule has 0 aliphatic rings. The monoisotopic (exact) mass is 464 g/mol. The van der Waals surface area contributed by atoms with Gasteiger partial charge in [-0.15, -0.1) is 0 Å². The molecule has 0 radical (unpaired) electrons. The van der Waals surface area contributed by atoms with Crippen molar-refractivity contribution in [2.75, 3.05) is 33.7 Å². The summed E-state index contributed by atoms with van der Waals surface area (Å²) in [6.07, 6.45) is -0.206. The van der Waals surface area contributed by atoms with Crippen molar-refractivity contribution < 1.29 is 27.4 Å². The van der Waals surface area contributed by atoms with Crippen LogP contribution in [0.15, 0.2) is 52.4 Å². The van der Waals surface area contributed by atoms with Gasteiger partial charge in [-0.3, -0.25) is 4.79 Å². The predicted molar refractivity (Wildman–Crippen MR) is 118 cm³/mol. The molecule has 0 saturated carbocycles. The van der Waals surface area contributed by atoms with Gasteiger partial charge in [0.25, 0.3) is 0 Å². The summed E-state index contributed by atoms with van der Waals surface area (Å²) in [7, 11) is 1.15. The smallest absolute Gasteiger partial charge is 0.249 e. The van der Waals surface area contributed by atoms with E-state index in [0.717, 1.165) is 10.2 Å². The number of benzene rings is 2. The normalized spacial score (nSPS) is 12.3. The Morgan fingerprint density at radius 3 is 2.39 bits per heavy atom. The van der Waals surface area contributed by atoms with Crippen molar-refractivity contribution >= 4 is 37.3 Å². The van der Waals surface area contributed by atoms with Crippen molar-refractivity contribution in [2.45, 2.75) is 17.9 Å². The summed E-state index contributed by atoms with van der Waals surface area (Å²) < 4.78 is 43.5. The van der Waals surface area contributed by atoms with Crippen molar-refractivity contribution in [3.63, 3.8) is 0 Å². The van der Waals surface area contributed by atoms with Crippen molar-refractivity contribution in [3.05, 3.63) is 47.3 Å². The number of methoxy groups -OCH3 is 3. The molecular weight excluding hydrogens is 440 g/mol. The number of carbonyl (C=O) groups is 1. The zero-order chi connectivity index (χ0) is 22.4. The molecule has 0 spiro atoms. The number of hydrogen-bond donors (Lipinski definition) is 0. The van der Waals surface area contributed by atoms with E-state index in [4.69, 9.17) is 14.2 Å². The molecule has 1 aromatic heterocycles. The van der Waals surface area contributed by atoms with Crippen LogP contribution in [0.5, 0.6) is 11.5 Å². The van der Waals surface area contributed by atoms with Gasteiger partial charge >= 0.3 is 0 Å². The second-order valence-electron chi connectivity index (χ2n) is 6.59. The van der Waals surface area contributed by atoms with Gasteiger partial charge in [-0.25, -0.2) is 8.42 Å². The largest absolute Gasteiger partial charge is 0.493 e. The first-order valence-corrected chi connectivity index (χ1v) is 12.0. The minimum absolute atomic E-state index is 0.194. The minimum Gasteiger partial charge on any atom is -0.493 e. The summed E-state index contributed by atoms with van der Waals surface area (Å²) in [5, 5.41) is 0. The molecule has 3 aromatic rings. The zero-order valence-corrected chi connectivity index (χ0v) is 19.2. The lowest BCUT2D eigenvalue weighted by Crippen LogP contribution is -2.20. The molecule has 0 fully saturated rings. The fourth-order valence-corrected chi connectivity index (χ4v) is 5.35. The van der Waals surface area contributed by atoms with Crippen molar-refractivity contribution in [3.8, 4) is 11.5 Å². The Bertz CT molecular complexity index is 1230. The molecule has 1 amide bonds. The Morgan fingerprint density at radius 2 is 1.74 bits per heavy atom. The Labute approximate surface area is 184 Å². The first-order chi connectivity index (χ1) is 14.9. The molecule has 0 saturated heterocycles. The molecule has 0 bridgehead atoms. The molecule has 10 heteroatoms. The maximum Gasteiger partial charge on any atom is 0.249 e. The number of nitrogens with zero attached hydrogens (tertiary/aromatic N) is 2. The predicted octanol–water partition coefficient (Wildman–Crippen LogP) is 2.66. The molecular formula is C21H24N2O6S2. The summed E-state index contributed by atoms with van der Waals surface area (Å²) in [5.41, 5.74) is 0.822. The third-order valence-electron chi connectivity index (χ3n) is 4.61. The number of thiazole rings is 1. The van der Waals surface area contributed by atoms with Gasteiger partial charge in [0.15, 0.2) is 26.1 Å². The molecule has 0 unspecified atom stereocenters. The van der Waals surface area contributed by atoms with Crippen LogP contribution >= 0.6 is 11.3 Å². The van der Waals surface area contributed by atoms with Gasteiger partial charge in [0, 0.05) is 32.2 Å². The van der Waals surface area contributed by atoms with Gasteiger partial charge in [0.05, 0.1) is 41.7 Å². The van der Waals surface area contributed by atoms with Crippen LogP contribution in [0.4, 0.5) is 0 Å². The Kier molecular flexibility index (Phi) is 7.47. The molecule has 0 aliphatic heterocycles. The molecule has 0 N–H and O–H groups in total. The molecule has 3 rings (SSSR count). The van der Waals surface area contributed by atoms with Gasteiger partial charge in [0.2, 0.25) is 5.91 Å². The summed E-state index contributed by atoms with van der Waals surface area (Å²) in [6.45, 7) is 0.893. The quantitative estimate of drug-likeness (QED) is 0.483. The van der Waals surface area contributed by atoms with E-state index in [1.165, 1.54) is 23.5 Å². The van der Waals surface area contributed by atoms with Crippen LogP contribution in [0.25, 0.3) is 10.2 Å². The van der Waals surface area contributed by atoms with E-state index in [1.54, 1.807) is 39.5 Å². The van der Waals surface area contributed by atoms with Crippen LogP contribution < -0.4 is 14.3 Å². The number of amides is 1. The van der Waals surface area contributed by atoms with E-state index in [2.05, 4.69) is 4.99 Å². The van der Waals surface area contributed by atoms with Crippen molar-refractivity contribution in [1.29, 1.82) is 0 Å². The van der Waals surface area contributed by atoms with Crippen LogP contribution in [0.2, 0.25) is 0 Å². The van der Waals surface area contributed by atoms with Crippen LogP contribution in [0.1, 0.15) is 6.42 Å². The van der Waals surface area contributed by atoms with Crippen LogP contribution in [0, 0.1) is 0 Å². The fraction of sp³-hybridized carbons (Fsp3) is 0.333. The summed E-state index contributed by atoms with van der Waals surface area (Å²) in [4.78, 5) is 17.4. The number of ether oxygens (including phenoxy) is 3. The number of carbonyl (C=O) groups excluding carboxylic acids is 1. The Morgan fingerprint density at radius 1 is 1.06 bits per heavy atom. The third kappa shape index (κ3) is 5.33. The Balaban J connectivity index is 1.93. The first-order valence-electron chi connectivity index (χ1n) is 9.49. The highest BCUT2D eigenvalue weighted by molar-refractivity contribution is 7.91. The second-order valence-corrected chi connectivity index (χ2v) is 9.71. The minimum atomic E-state index is -3.55. The lowest BCUT2D eigenvalue weighted by Gasteiger charge is -2.09. The molecule has 0 atom stereocenters. The zero-order valence-electron chi connectivity index (χ0n) is 17.5. The summed E-state index contributed by atoms with van der Waals surface area (Å²) >= 11 is 1.32. The topological polar surface area (TPSA) is 96.2 Å². The SMILES string of the molecule is COCCn1c(=NC(=O)CCS(=O)(=O)c2ccccc2)sc2cc(OC)c(OC)cc21. The molecule has 166 valence electrons. The van der Waals surface area contributed by atoms with E-state index >= 15 is 0 Å². The molecule has 1 heterocycles. The van der Waals surface area contributed by atoms with Gasteiger partial charge in [0.1, 0.15) is 0 Å². The lowest BCUT2D eigenvalue weighted by molar-refractivity contribution is -0.117. The average Bonchev–Trinajstić information content (AvgIpc) is 3.11. The van der Waals surface area contributed by atoms with E-state index in [-0.39, 0.29) is 17.1 Å². The summed E-state index contributed by atoms with van der Waals surface area (Å²) in [5.74, 6) is 0.327. The van der Waals surface area contributed by atoms with Crippen molar-refractivity contribution in [1.82, 2.24) is 4.57 Å². The number of fused-ring (bicyclic) bond motifs is 1. The first kappa shape index (κ1) is 23.0. The average molecular weight is 465 g/mol. The third-order valence-corrected chi connectivity index (χ3v) is 7.39. The maximum absolute atomic E-state index is 12.5. The standard InChI is InChI=1S/C21H24N2O6S2/c1-27-11-10-23-16-13-17(28-2)18(29-3)14-19(16)30-21(23)22-20(24)9-12-31(25,26)15-7-5-4-6-8-15/h4-8,13-14H,9-12H2,1-3H3. The maximum atomic E-state index is 12.5. The molecule has 8 nitrogen and oxygen atoms in total. The molecule has 0 aliphatic carbocycles. The highest BCUT2D eigenvalue weighted by Gasteiger charge is 2.17. The van der Waals surface area contributed by atoms with Gasteiger partial charge in [-0.2, -0.15) is 4.99 Å². The number of hydrogen-bond acceptors (Lipinski definition) is 7. The van der Waals surface area contributed by atoms with E-state index in [0.29, 0.717) is 29.5 Å². The molecule has 31 heavy (non-hydrogen) atoms. The van der Waals surface area contributed by atoms with Gasteiger partial charge in [-0.05, 0) is 12.1 Å². The van der Waals surface area contributed by atoms with Crippen LogP contribution in [0.3, 0.4) is 0 Å². The number of sulfone groups is 1. The van der Waals surface area contributed by atoms with E-state index in [9.17, 15) is 13.2 Å².